The summed E-state index contributed by atoms with van der Waals surface area (Å²) < 4.78 is 10.7. The van der Waals surface area contributed by atoms with Gasteiger partial charge in [0, 0.05) is 18.9 Å². The van der Waals surface area contributed by atoms with Crippen molar-refractivity contribution in [2.45, 2.75) is 31.6 Å². The zero-order chi connectivity index (χ0) is 11.1. The maximum atomic E-state index is 5.57. The van der Waals surface area contributed by atoms with E-state index in [1.54, 1.807) is 18.0 Å². The molecule has 5 heteroatoms. The van der Waals surface area contributed by atoms with E-state index in [-0.39, 0.29) is 6.10 Å². The van der Waals surface area contributed by atoms with Gasteiger partial charge in [-0.05, 0) is 20.3 Å². The van der Waals surface area contributed by atoms with E-state index in [1.807, 2.05) is 13.8 Å². The van der Waals surface area contributed by atoms with Crippen molar-refractivity contribution < 1.29 is 9.15 Å². The molecular formula is C10H18N2O2S. The van der Waals surface area contributed by atoms with Crippen molar-refractivity contribution in [3.8, 4) is 0 Å². The van der Waals surface area contributed by atoms with E-state index < -0.39 is 0 Å². The van der Waals surface area contributed by atoms with Gasteiger partial charge in [0.1, 0.15) is 6.26 Å². The first-order chi connectivity index (χ1) is 7.26. The number of nitrogens with two attached hydrogens (primary N) is 1. The highest BCUT2D eigenvalue weighted by molar-refractivity contribution is 7.99. The molecule has 86 valence electrons. The van der Waals surface area contributed by atoms with Gasteiger partial charge in [0.25, 0.3) is 5.22 Å². The standard InChI is InChI=1S/C10H18N2O2S/c1-3-13-9(6-11)4-5-15-10-12-8(2)7-14-10/h7,9H,3-6,11H2,1-2H3. The number of hydrogen-bond acceptors (Lipinski definition) is 5. The molecule has 1 unspecified atom stereocenters. The molecular weight excluding hydrogens is 212 g/mol. The molecule has 0 aliphatic rings. The van der Waals surface area contributed by atoms with Crippen molar-refractivity contribution in [3.05, 3.63) is 12.0 Å². The molecule has 1 atom stereocenters. The van der Waals surface area contributed by atoms with E-state index in [2.05, 4.69) is 4.98 Å². The van der Waals surface area contributed by atoms with Crippen LogP contribution in [-0.4, -0.2) is 30.0 Å². The largest absolute Gasteiger partial charge is 0.440 e. The van der Waals surface area contributed by atoms with E-state index in [0.717, 1.165) is 23.1 Å². The van der Waals surface area contributed by atoms with Gasteiger partial charge in [0.05, 0.1) is 11.8 Å². The van der Waals surface area contributed by atoms with Crippen LogP contribution >= 0.6 is 11.8 Å². The van der Waals surface area contributed by atoms with E-state index in [4.69, 9.17) is 14.9 Å². The molecule has 1 heterocycles. The van der Waals surface area contributed by atoms with Gasteiger partial charge in [0.2, 0.25) is 0 Å². The Hall–Kier alpha value is -0.520. The first kappa shape index (κ1) is 12.5. The fourth-order valence-electron chi connectivity index (χ4n) is 1.18. The summed E-state index contributed by atoms with van der Waals surface area (Å²) in [6.45, 7) is 5.17. The fraction of sp³-hybridized carbons (Fsp3) is 0.700. The number of rotatable bonds is 7. The summed E-state index contributed by atoms with van der Waals surface area (Å²) in [4.78, 5) is 4.20. The summed E-state index contributed by atoms with van der Waals surface area (Å²) >= 11 is 1.60. The summed E-state index contributed by atoms with van der Waals surface area (Å²) in [5.74, 6) is 0.918. The van der Waals surface area contributed by atoms with Crippen LogP contribution in [-0.2, 0) is 4.74 Å². The lowest BCUT2D eigenvalue weighted by atomic mass is 10.3. The third-order valence-corrected chi connectivity index (χ3v) is 2.80. The van der Waals surface area contributed by atoms with Crippen LogP contribution in [0, 0.1) is 6.92 Å². The lowest BCUT2D eigenvalue weighted by Gasteiger charge is -2.13. The third kappa shape index (κ3) is 4.68. The van der Waals surface area contributed by atoms with Crippen molar-refractivity contribution in [2.75, 3.05) is 18.9 Å². The summed E-state index contributed by atoms with van der Waals surface area (Å²) in [5.41, 5.74) is 6.48. The molecule has 0 aromatic carbocycles. The van der Waals surface area contributed by atoms with Crippen LogP contribution < -0.4 is 5.73 Å². The predicted octanol–water partition coefficient (Wildman–Crippen LogP) is 1.83. The van der Waals surface area contributed by atoms with Crippen molar-refractivity contribution in [1.82, 2.24) is 4.98 Å². The Morgan fingerprint density at radius 1 is 1.67 bits per heavy atom. The number of nitrogens with zero attached hydrogens (tertiary/aromatic N) is 1. The lowest BCUT2D eigenvalue weighted by molar-refractivity contribution is 0.0674. The van der Waals surface area contributed by atoms with Crippen LogP contribution in [0.1, 0.15) is 19.0 Å². The van der Waals surface area contributed by atoms with Crippen molar-refractivity contribution in [3.63, 3.8) is 0 Å². The van der Waals surface area contributed by atoms with E-state index in [1.165, 1.54) is 0 Å². The first-order valence-corrected chi connectivity index (χ1v) is 6.11. The van der Waals surface area contributed by atoms with Gasteiger partial charge in [-0.25, -0.2) is 4.98 Å². The van der Waals surface area contributed by atoms with Gasteiger partial charge in [-0.3, -0.25) is 0 Å². The van der Waals surface area contributed by atoms with Gasteiger partial charge in [-0.1, -0.05) is 11.8 Å². The monoisotopic (exact) mass is 230 g/mol. The zero-order valence-electron chi connectivity index (χ0n) is 9.23. The van der Waals surface area contributed by atoms with Gasteiger partial charge in [0.15, 0.2) is 0 Å². The summed E-state index contributed by atoms with van der Waals surface area (Å²) in [6.07, 6.45) is 2.74. The minimum atomic E-state index is 0.151. The lowest BCUT2D eigenvalue weighted by Crippen LogP contribution is -2.24. The second-order valence-corrected chi connectivity index (χ2v) is 4.25. The minimum Gasteiger partial charge on any atom is -0.440 e. The van der Waals surface area contributed by atoms with Gasteiger partial charge < -0.3 is 14.9 Å². The van der Waals surface area contributed by atoms with Gasteiger partial charge in [-0.15, -0.1) is 0 Å². The quantitative estimate of drug-likeness (QED) is 0.724. The first-order valence-electron chi connectivity index (χ1n) is 5.12. The molecule has 15 heavy (non-hydrogen) atoms. The van der Waals surface area contributed by atoms with Gasteiger partial charge in [-0.2, -0.15) is 0 Å². The second kappa shape index (κ2) is 6.87. The van der Waals surface area contributed by atoms with E-state index in [9.17, 15) is 0 Å². The molecule has 0 aliphatic heterocycles. The molecule has 0 radical (unpaired) electrons. The minimum absolute atomic E-state index is 0.151. The van der Waals surface area contributed by atoms with E-state index >= 15 is 0 Å². The maximum Gasteiger partial charge on any atom is 0.255 e. The van der Waals surface area contributed by atoms with Crippen molar-refractivity contribution in [1.29, 1.82) is 0 Å². The molecule has 0 spiro atoms. The summed E-state index contributed by atoms with van der Waals surface area (Å²) in [7, 11) is 0. The third-order valence-electron chi connectivity index (χ3n) is 1.93. The Kier molecular flexibility index (Phi) is 5.75. The Labute approximate surface area is 94.6 Å². The van der Waals surface area contributed by atoms with E-state index in [0.29, 0.717) is 13.2 Å². The smallest absolute Gasteiger partial charge is 0.255 e. The molecule has 0 saturated carbocycles. The average Bonchev–Trinajstić information content (AvgIpc) is 2.63. The number of thioether (sulfide) groups is 1. The molecule has 0 fully saturated rings. The molecule has 4 nitrogen and oxygen atoms in total. The molecule has 0 saturated heterocycles. The molecule has 2 N–H and O–H groups in total. The van der Waals surface area contributed by atoms with Crippen molar-refractivity contribution in [2.24, 2.45) is 5.73 Å². The highest BCUT2D eigenvalue weighted by Crippen LogP contribution is 2.18. The Morgan fingerprint density at radius 2 is 2.47 bits per heavy atom. The topological polar surface area (TPSA) is 61.3 Å². The molecule has 1 rings (SSSR count). The number of aromatic nitrogens is 1. The number of ether oxygens (including phenoxy) is 1. The molecule has 0 aliphatic carbocycles. The molecule has 0 bridgehead atoms. The molecule has 0 amide bonds. The molecule has 1 aromatic rings. The zero-order valence-corrected chi connectivity index (χ0v) is 10.0. The SMILES string of the molecule is CCOC(CN)CCSc1nc(C)co1. The fourth-order valence-corrected chi connectivity index (χ4v) is 2.06. The van der Waals surface area contributed by atoms with Crippen LogP contribution in [0.3, 0.4) is 0 Å². The Bertz CT molecular complexity index is 278. The van der Waals surface area contributed by atoms with Crippen LogP contribution in [0.2, 0.25) is 0 Å². The highest BCUT2D eigenvalue weighted by Gasteiger charge is 2.07. The average molecular weight is 230 g/mol. The van der Waals surface area contributed by atoms with Crippen LogP contribution in [0.4, 0.5) is 0 Å². The van der Waals surface area contributed by atoms with Crippen molar-refractivity contribution >= 4 is 11.8 Å². The Balaban J connectivity index is 2.20. The predicted molar refractivity (Wildman–Crippen MR) is 61.0 cm³/mol. The summed E-state index contributed by atoms with van der Waals surface area (Å²) in [6, 6.07) is 0. The summed E-state index contributed by atoms with van der Waals surface area (Å²) in [5, 5.41) is 0.722. The van der Waals surface area contributed by atoms with Crippen LogP contribution in [0.5, 0.6) is 0 Å². The van der Waals surface area contributed by atoms with Crippen LogP contribution in [0.25, 0.3) is 0 Å². The van der Waals surface area contributed by atoms with Gasteiger partial charge >= 0.3 is 0 Å². The normalized spacial score (nSPS) is 13.0. The Morgan fingerprint density at radius 3 is 3.00 bits per heavy atom. The molecule has 1 aromatic heterocycles. The number of hydrogen-bond donors (Lipinski definition) is 1. The number of aryl methyl sites for hydroxylation is 1. The highest BCUT2D eigenvalue weighted by atomic mass is 32.2. The maximum absolute atomic E-state index is 5.57. The second-order valence-electron chi connectivity index (χ2n) is 3.20. The number of oxazole rings is 1. The van der Waals surface area contributed by atoms with Crippen LogP contribution in [0.15, 0.2) is 15.9 Å².